The van der Waals surface area contributed by atoms with Crippen molar-refractivity contribution in [1.29, 1.82) is 0 Å². The molecule has 1 heterocycles. The highest BCUT2D eigenvalue weighted by Crippen LogP contribution is 2.22. The van der Waals surface area contributed by atoms with Crippen LogP contribution >= 0.6 is 11.3 Å². The molecule has 0 atom stereocenters. The Balaban J connectivity index is 2.71. The number of sulfonamides is 1. The van der Waals surface area contributed by atoms with E-state index < -0.39 is 22.0 Å². The zero-order chi connectivity index (χ0) is 15.3. The predicted molar refractivity (Wildman–Crippen MR) is 72.3 cm³/mol. The molecule has 0 bridgehead atoms. The van der Waals surface area contributed by atoms with Gasteiger partial charge in [0.05, 0.1) is 12.0 Å². The molecule has 0 unspecified atom stereocenters. The minimum atomic E-state index is -3.73. The first kappa shape index (κ1) is 16.6. The first-order chi connectivity index (χ1) is 9.28. The molecule has 0 aliphatic carbocycles. The van der Waals surface area contributed by atoms with Gasteiger partial charge >= 0.3 is 11.9 Å². The Morgan fingerprint density at radius 2 is 2.10 bits per heavy atom. The molecule has 9 heteroatoms. The van der Waals surface area contributed by atoms with Crippen molar-refractivity contribution in [3.63, 3.8) is 0 Å². The van der Waals surface area contributed by atoms with E-state index in [9.17, 15) is 18.0 Å². The number of rotatable bonds is 7. The summed E-state index contributed by atoms with van der Waals surface area (Å²) in [5.41, 5.74) is 0. The van der Waals surface area contributed by atoms with Gasteiger partial charge in [-0.3, -0.25) is 4.79 Å². The van der Waals surface area contributed by atoms with Crippen molar-refractivity contribution in [3.8, 4) is 0 Å². The van der Waals surface area contributed by atoms with Crippen LogP contribution in [-0.4, -0.2) is 50.5 Å². The summed E-state index contributed by atoms with van der Waals surface area (Å²) < 4.78 is 29.8. The van der Waals surface area contributed by atoms with E-state index in [1.807, 2.05) is 0 Å². The standard InChI is InChI=1S/C11H15NO6S2/c1-12(5-3-4-10(13)18-2)20(16,17)8-6-9(11(14)15)19-7-8/h6-7H,3-5H2,1-2H3,(H,14,15). The summed E-state index contributed by atoms with van der Waals surface area (Å²) in [6, 6.07) is 1.12. The fraction of sp³-hybridized carbons (Fsp3) is 0.455. The quantitative estimate of drug-likeness (QED) is 0.752. The Morgan fingerprint density at radius 3 is 2.60 bits per heavy atom. The zero-order valence-electron chi connectivity index (χ0n) is 11.0. The maximum absolute atomic E-state index is 12.1. The van der Waals surface area contributed by atoms with Gasteiger partial charge in [0.15, 0.2) is 0 Å². The zero-order valence-corrected chi connectivity index (χ0v) is 12.7. The van der Waals surface area contributed by atoms with Gasteiger partial charge in [-0.15, -0.1) is 11.3 Å². The van der Waals surface area contributed by atoms with Crippen molar-refractivity contribution in [2.24, 2.45) is 0 Å². The molecule has 112 valence electrons. The third kappa shape index (κ3) is 4.02. The van der Waals surface area contributed by atoms with E-state index in [1.165, 1.54) is 19.5 Å². The number of aromatic carboxylic acids is 1. The Hall–Kier alpha value is -1.45. The topological polar surface area (TPSA) is 101 Å². The molecule has 0 aromatic carbocycles. The molecule has 0 saturated carbocycles. The third-order valence-electron chi connectivity index (χ3n) is 2.58. The summed E-state index contributed by atoms with van der Waals surface area (Å²) in [4.78, 5) is 21.6. The van der Waals surface area contributed by atoms with Crippen LogP contribution in [0.25, 0.3) is 0 Å². The molecular weight excluding hydrogens is 306 g/mol. The molecule has 0 aliphatic heterocycles. The van der Waals surface area contributed by atoms with E-state index in [0.29, 0.717) is 6.42 Å². The molecule has 7 nitrogen and oxygen atoms in total. The maximum atomic E-state index is 12.1. The number of esters is 1. The highest BCUT2D eigenvalue weighted by molar-refractivity contribution is 7.89. The molecule has 1 rings (SSSR count). The van der Waals surface area contributed by atoms with Crippen LogP contribution < -0.4 is 0 Å². The van der Waals surface area contributed by atoms with Crippen LogP contribution in [0, 0.1) is 0 Å². The molecule has 0 fully saturated rings. The monoisotopic (exact) mass is 321 g/mol. The van der Waals surface area contributed by atoms with Crippen LogP contribution in [0.15, 0.2) is 16.3 Å². The molecule has 0 aliphatic rings. The van der Waals surface area contributed by atoms with Gasteiger partial charge in [0.2, 0.25) is 10.0 Å². The number of hydrogen-bond acceptors (Lipinski definition) is 6. The van der Waals surface area contributed by atoms with Gasteiger partial charge in [0, 0.05) is 25.4 Å². The first-order valence-corrected chi connectivity index (χ1v) is 7.96. The summed E-state index contributed by atoms with van der Waals surface area (Å²) in [6.07, 6.45) is 0.457. The van der Waals surface area contributed by atoms with Gasteiger partial charge < -0.3 is 9.84 Å². The summed E-state index contributed by atoms with van der Waals surface area (Å²) in [5, 5.41) is 10.1. The van der Waals surface area contributed by atoms with Gasteiger partial charge in [-0.1, -0.05) is 0 Å². The lowest BCUT2D eigenvalue weighted by Gasteiger charge is -2.15. The van der Waals surface area contributed by atoms with Gasteiger partial charge in [-0.2, -0.15) is 0 Å². The number of hydrogen-bond donors (Lipinski definition) is 1. The van der Waals surface area contributed by atoms with Crippen LogP contribution in [-0.2, 0) is 19.6 Å². The molecule has 0 radical (unpaired) electrons. The van der Waals surface area contributed by atoms with Crippen LogP contribution in [0.2, 0.25) is 0 Å². The van der Waals surface area contributed by atoms with Crippen molar-refractivity contribution < 1.29 is 27.9 Å². The van der Waals surface area contributed by atoms with E-state index in [1.54, 1.807) is 0 Å². The van der Waals surface area contributed by atoms with Crippen molar-refractivity contribution in [2.45, 2.75) is 17.7 Å². The predicted octanol–water partition coefficient (Wildman–Crippen LogP) is 1.02. The number of thiophene rings is 1. The molecule has 0 saturated heterocycles. The largest absolute Gasteiger partial charge is 0.477 e. The van der Waals surface area contributed by atoms with E-state index >= 15 is 0 Å². The molecule has 0 amide bonds. The Labute approximate surface area is 120 Å². The van der Waals surface area contributed by atoms with Crippen molar-refractivity contribution >= 4 is 33.3 Å². The molecule has 1 aromatic heterocycles. The summed E-state index contributed by atoms with van der Waals surface area (Å²) in [7, 11) is -1.08. The van der Waals surface area contributed by atoms with E-state index in [0.717, 1.165) is 21.7 Å². The first-order valence-electron chi connectivity index (χ1n) is 5.64. The van der Waals surface area contributed by atoms with Gasteiger partial charge in [-0.25, -0.2) is 17.5 Å². The van der Waals surface area contributed by atoms with E-state index in [-0.39, 0.29) is 22.7 Å². The van der Waals surface area contributed by atoms with Crippen molar-refractivity contribution in [1.82, 2.24) is 4.31 Å². The number of nitrogens with zero attached hydrogens (tertiary/aromatic N) is 1. The Bertz CT molecular complexity index is 592. The molecule has 1 aromatic rings. The second-order valence-electron chi connectivity index (χ2n) is 3.96. The normalized spacial score (nSPS) is 11.6. The Kier molecular flexibility index (Phi) is 5.66. The number of carbonyl (C=O) groups is 2. The van der Waals surface area contributed by atoms with Gasteiger partial charge in [0.25, 0.3) is 0 Å². The van der Waals surface area contributed by atoms with Gasteiger partial charge in [0.1, 0.15) is 4.88 Å². The number of carboxylic acid groups (broad SMARTS) is 1. The minimum absolute atomic E-state index is 0.0356. The average molecular weight is 321 g/mol. The van der Waals surface area contributed by atoms with Crippen LogP contribution in [0.1, 0.15) is 22.5 Å². The summed E-state index contributed by atoms with van der Waals surface area (Å²) >= 11 is 0.855. The van der Waals surface area contributed by atoms with Crippen molar-refractivity contribution in [3.05, 3.63) is 16.3 Å². The van der Waals surface area contributed by atoms with E-state index in [2.05, 4.69) is 4.74 Å². The Morgan fingerprint density at radius 1 is 1.45 bits per heavy atom. The maximum Gasteiger partial charge on any atom is 0.345 e. The van der Waals surface area contributed by atoms with Crippen molar-refractivity contribution in [2.75, 3.05) is 20.7 Å². The second-order valence-corrected chi connectivity index (χ2v) is 6.91. The smallest absolute Gasteiger partial charge is 0.345 e. The number of carbonyl (C=O) groups excluding carboxylic acids is 1. The van der Waals surface area contributed by atoms with Crippen LogP contribution in [0.5, 0.6) is 0 Å². The number of methoxy groups -OCH3 is 1. The summed E-state index contributed by atoms with van der Waals surface area (Å²) in [5.74, 6) is -1.57. The molecular formula is C11H15NO6S2. The fourth-order valence-electron chi connectivity index (χ4n) is 1.41. The fourth-order valence-corrected chi connectivity index (χ4v) is 3.72. The average Bonchev–Trinajstić information content (AvgIpc) is 2.88. The lowest BCUT2D eigenvalue weighted by Crippen LogP contribution is -2.28. The van der Waals surface area contributed by atoms with E-state index in [4.69, 9.17) is 5.11 Å². The molecule has 1 N–H and O–H groups in total. The summed E-state index contributed by atoms with van der Waals surface area (Å²) in [6.45, 7) is 0.148. The highest BCUT2D eigenvalue weighted by atomic mass is 32.2. The highest BCUT2D eigenvalue weighted by Gasteiger charge is 2.23. The number of ether oxygens (including phenoxy) is 1. The van der Waals surface area contributed by atoms with Gasteiger partial charge in [-0.05, 0) is 12.5 Å². The number of carboxylic acids is 1. The second kappa shape index (κ2) is 6.82. The van der Waals surface area contributed by atoms with Crippen LogP contribution in [0.4, 0.5) is 0 Å². The lowest BCUT2D eigenvalue weighted by molar-refractivity contribution is -0.140. The lowest BCUT2D eigenvalue weighted by atomic mass is 10.3. The third-order valence-corrected chi connectivity index (χ3v) is 5.48. The molecule has 0 spiro atoms. The SMILES string of the molecule is COC(=O)CCCN(C)S(=O)(=O)c1csc(C(=O)O)c1. The minimum Gasteiger partial charge on any atom is -0.477 e. The van der Waals surface area contributed by atoms with Crippen LogP contribution in [0.3, 0.4) is 0 Å². The molecule has 20 heavy (non-hydrogen) atoms.